The molecule has 1 aromatic heterocycles. The lowest BCUT2D eigenvalue weighted by atomic mass is 9.87. The summed E-state index contributed by atoms with van der Waals surface area (Å²) in [7, 11) is 1.90. The van der Waals surface area contributed by atoms with Crippen LogP contribution >= 0.6 is 0 Å². The SMILES string of the molecule is Cn1cc(CC(C)(C)CNC(C)(C)C)nn1. The van der Waals surface area contributed by atoms with E-state index in [1.54, 1.807) is 4.68 Å². The normalized spacial score (nSPS) is 13.1. The third kappa shape index (κ3) is 4.75. The number of hydrogen-bond acceptors (Lipinski definition) is 3. The zero-order chi connectivity index (χ0) is 12.4. The molecule has 0 aromatic carbocycles. The van der Waals surface area contributed by atoms with Crippen molar-refractivity contribution >= 4 is 0 Å². The number of nitrogens with zero attached hydrogens (tertiary/aromatic N) is 3. The van der Waals surface area contributed by atoms with Gasteiger partial charge in [-0.05, 0) is 32.6 Å². The van der Waals surface area contributed by atoms with Crippen molar-refractivity contribution in [3.63, 3.8) is 0 Å². The molecule has 1 N–H and O–H groups in total. The second-order valence-corrected chi connectivity index (χ2v) is 6.33. The lowest BCUT2D eigenvalue weighted by molar-refractivity contribution is 0.287. The van der Waals surface area contributed by atoms with Gasteiger partial charge >= 0.3 is 0 Å². The van der Waals surface area contributed by atoms with E-state index in [9.17, 15) is 0 Å². The second-order valence-electron chi connectivity index (χ2n) is 6.33. The Balaban J connectivity index is 2.51. The first-order chi connectivity index (χ1) is 7.18. The third-order valence-corrected chi connectivity index (χ3v) is 2.41. The van der Waals surface area contributed by atoms with Crippen molar-refractivity contribution in [1.82, 2.24) is 20.3 Å². The maximum atomic E-state index is 4.13. The molecule has 0 atom stereocenters. The van der Waals surface area contributed by atoms with Crippen LogP contribution in [0.2, 0.25) is 0 Å². The highest BCUT2D eigenvalue weighted by molar-refractivity contribution is 4.97. The van der Waals surface area contributed by atoms with Gasteiger partial charge in [-0.25, -0.2) is 0 Å². The fraction of sp³-hybridized carbons (Fsp3) is 0.833. The largest absolute Gasteiger partial charge is 0.312 e. The van der Waals surface area contributed by atoms with Crippen LogP contribution in [-0.4, -0.2) is 27.1 Å². The highest BCUT2D eigenvalue weighted by atomic mass is 15.4. The molecule has 1 rings (SSSR count). The van der Waals surface area contributed by atoms with E-state index < -0.39 is 0 Å². The minimum atomic E-state index is 0.166. The third-order valence-electron chi connectivity index (χ3n) is 2.41. The highest BCUT2D eigenvalue weighted by Gasteiger charge is 2.22. The molecule has 0 aliphatic carbocycles. The van der Waals surface area contributed by atoms with Crippen molar-refractivity contribution in [1.29, 1.82) is 0 Å². The summed E-state index contributed by atoms with van der Waals surface area (Å²) in [5.74, 6) is 0. The number of hydrogen-bond donors (Lipinski definition) is 1. The molecule has 1 heterocycles. The standard InChI is InChI=1S/C12H24N4/c1-11(2,3)13-9-12(4,5)7-10-8-16(6)15-14-10/h8,13H,7,9H2,1-6H3. The molecule has 1 aromatic rings. The van der Waals surface area contributed by atoms with E-state index in [-0.39, 0.29) is 11.0 Å². The summed E-state index contributed by atoms with van der Waals surface area (Å²) in [6.07, 6.45) is 2.93. The molecule has 0 amide bonds. The van der Waals surface area contributed by atoms with Gasteiger partial charge in [0, 0.05) is 25.3 Å². The molecule has 0 fully saturated rings. The smallest absolute Gasteiger partial charge is 0.0832 e. The van der Waals surface area contributed by atoms with Gasteiger partial charge in [-0.1, -0.05) is 19.1 Å². The van der Waals surface area contributed by atoms with Crippen LogP contribution in [0.5, 0.6) is 0 Å². The molecule has 0 radical (unpaired) electrons. The first kappa shape index (κ1) is 13.2. The van der Waals surface area contributed by atoms with Crippen molar-refractivity contribution < 1.29 is 0 Å². The molecule has 4 nitrogen and oxygen atoms in total. The van der Waals surface area contributed by atoms with E-state index >= 15 is 0 Å². The molecule has 0 aliphatic heterocycles. The van der Waals surface area contributed by atoms with Crippen LogP contribution in [0.1, 0.15) is 40.3 Å². The van der Waals surface area contributed by atoms with E-state index in [2.05, 4.69) is 50.2 Å². The van der Waals surface area contributed by atoms with Crippen molar-refractivity contribution in [2.45, 2.75) is 46.6 Å². The summed E-state index contributed by atoms with van der Waals surface area (Å²) in [6.45, 7) is 12.0. The monoisotopic (exact) mass is 224 g/mol. The Labute approximate surface area is 98.4 Å². The van der Waals surface area contributed by atoms with Crippen LogP contribution in [0.15, 0.2) is 6.20 Å². The van der Waals surface area contributed by atoms with Gasteiger partial charge < -0.3 is 5.32 Å². The van der Waals surface area contributed by atoms with Gasteiger partial charge in [0.15, 0.2) is 0 Å². The number of aromatic nitrogens is 3. The molecule has 4 heteroatoms. The molecule has 16 heavy (non-hydrogen) atoms. The van der Waals surface area contributed by atoms with Crippen LogP contribution in [0, 0.1) is 5.41 Å². The Morgan fingerprint density at radius 2 is 1.88 bits per heavy atom. The minimum Gasteiger partial charge on any atom is -0.312 e. The summed E-state index contributed by atoms with van der Waals surface area (Å²) in [4.78, 5) is 0. The lowest BCUT2D eigenvalue weighted by Gasteiger charge is -2.29. The van der Waals surface area contributed by atoms with Gasteiger partial charge in [0.25, 0.3) is 0 Å². The number of aryl methyl sites for hydroxylation is 1. The van der Waals surface area contributed by atoms with Gasteiger partial charge in [-0.3, -0.25) is 4.68 Å². The molecular weight excluding hydrogens is 200 g/mol. The Morgan fingerprint density at radius 1 is 1.25 bits per heavy atom. The summed E-state index contributed by atoms with van der Waals surface area (Å²) in [5, 5.41) is 11.6. The Kier molecular flexibility index (Phi) is 3.73. The van der Waals surface area contributed by atoms with E-state index in [1.807, 2.05) is 13.2 Å². The predicted octanol–water partition coefficient (Wildman–Crippen LogP) is 1.77. The minimum absolute atomic E-state index is 0.166. The average Bonchev–Trinajstić information content (AvgIpc) is 2.46. The Morgan fingerprint density at radius 3 is 2.31 bits per heavy atom. The van der Waals surface area contributed by atoms with Crippen molar-refractivity contribution in [2.24, 2.45) is 12.5 Å². The first-order valence-corrected chi connectivity index (χ1v) is 5.78. The van der Waals surface area contributed by atoms with Crippen LogP contribution < -0.4 is 5.32 Å². The summed E-state index contributed by atoms with van der Waals surface area (Å²) in [5.41, 5.74) is 1.42. The van der Waals surface area contributed by atoms with E-state index in [0.29, 0.717) is 0 Å². The molecular formula is C12H24N4. The van der Waals surface area contributed by atoms with Gasteiger partial charge in [0.05, 0.1) is 5.69 Å². The van der Waals surface area contributed by atoms with Gasteiger partial charge in [0.2, 0.25) is 0 Å². The van der Waals surface area contributed by atoms with Crippen molar-refractivity contribution in [3.05, 3.63) is 11.9 Å². The fourth-order valence-electron chi connectivity index (χ4n) is 1.53. The molecule has 0 saturated heterocycles. The fourth-order valence-corrected chi connectivity index (χ4v) is 1.53. The predicted molar refractivity (Wildman–Crippen MR) is 66.2 cm³/mol. The average molecular weight is 224 g/mol. The van der Waals surface area contributed by atoms with E-state index in [0.717, 1.165) is 18.7 Å². The molecule has 0 aliphatic rings. The lowest BCUT2D eigenvalue weighted by Crippen LogP contribution is -2.42. The zero-order valence-electron chi connectivity index (χ0n) is 11.3. The summed E-state index contributed by atoms with van der Waals surface area (Å²) in [6, 6.07) is 0. The molecule has 0 bridgehead atoms. The quantitative estimate of drug-likeness (QED) is 0.847. The van der Waals surface area contributed by atoms with Crippen LogP contribution in [0.25, 0.3) is 0 Å². The number of nitrogens with one attached hydrogen (secondary N) is 1. The van der Waals surface area contributed by atoms with Crippen molar-refractivity contribution in [3.8, 4) is 0 Å². The summed E-state index contributed by atoms with van der Waals surface area (Å²) < 4.78 is 1.75. The molecule has 92 valence electrons. The number of rotatable bonds is 4. The van der Waals surface area contributed by atoms with Crippen LogP contribution in [-0.2, 0) is 13.5 Å². The van der Waals surface area contributed by atoms with E-state index in [1.165, 1.54) is 0 Å². The first-order valence-electron chi connectivity index (χ1n) is 5.78. The Hall–Kier alpha value is -0.900. The van der Waals surface area contributed by atoms with E-state index in [4.69, 9.17) is 0 Å². The van der Waals surface area contributed by atoms with Crippen LogP contribution in [0.4, 0.5) is 0 Å². The van der Waals surface area contributed by atoms with Crippen LogP contribution in [0.3, 0.4) is 0 Å². The molecule has 0 spiro atoms. The zero-order valence-corrected chi connectivity index (χ0v) is 11.3. The van der Waals surface area contributed by atoms with Gasteiger partial charge in [0.1, 0.15) is 0 Å². The topological polar surface area (TPSA) is 42.7 Å². The molecule has 0 saturated carbocycles. The highest BCUT2D eigenvalue weighted by Crippen LogP contribution is 2.20. The van der Waals surface area contributed by atoms with Crippen molar-refractivity contribution in [2.75, 3.05) is 6.54 Å². The maximum absolute atomic E-state index is 4.13. The summed E-state index contributed by atoms with van der Waals surface area (Å²) >= 11 is 0. The molecule has 0 unspecified atom stereocenters. The van der Waals surface area contributed by atoms with Gasteiger partial charge in [-0.15, -0.1) is 5.10 Å². The second kappa shape index (κ2) is 4.53. The maximum Gasteiger partial charge on any atom is 0.0832 e. The van der Waals surface area contributed by atoms with Gasteiger partial charge in [-0.2, -0.15) is 0 Å². The Bertz CT molecular complexity index is 333.